The van der Waals surface area contributed by atoms with Crippen molar-refractivity contribution in [3.63, 3.8) is 0 Å². The van der Waals surface area contributed by atoms with Gasteiger partial charge < -0.3 is 4.74 Å². The Hall–Kier alpha value is -1.61. The summed E-state index contributed by atoms with van der Waals surface area (Å²) in [5.41, 5.74) is 3.20. The number of benzene rings is 1. The molecule has 2 aromatic rings. The van der Waals surface area contributed by atoms with Gasteiger partial charge in [0.25, 0.3) is 0 Å². The minimum Gasteiger partial charge on any atom is -0.438 e. The van der Waals surface area contributed by atoms with E-state index in [1.165, 1.54) is 6.33 Å². The van der Waals surface area contributed by atoms with Crippen LogP contribution in [0, 0.1) is 6.92 Å². The van der Waals surface area contributed by atoms with Crippen LogP contribution in [0.2, 0.25) is 5.15 Å². The Morgan fingerprint density at radius 3 is 2.67 bits per heavy atom. The molecule has 0 N–H and O–H groups in total. The van der Waals surface area contributed by atoms with E-state index < -0.39 is 0 Å². The largest absolute Gasteiger partial charge is 0.438 e. The van der Waals surface area contributed by atoms with Crippen molar-refractivity contribution < 1.29 is 4.74 Å². The summed E-state index contributed by atoms with van der Waals surface area (Å²) in [6.07, 6.45) is 3.22. The maximum absolute atomic E-state index is 6.18. The third-order valence-corrected chi connectivity index (χ3v) is 3.68. The van der Waals surface area contributed by atoms with Gasteiger partial charge in [-0.2, -0.15) is 0 Å². The second-order valence-electron chi connectivity index (χ2n) is 5.50. The summed E-state index contributed by atoms with van der Waals surface area (Å²) in [4.78, 5) is 8.32. The summed E-state index contributed by atoms with van der Waals surface area (Å²) in [5, 5.41) is 0.473. The van der Waals surface area contributed by atoms with Crippen LogP contribution in [0.1, 0.15) is 49.8 Å². The number of rotatable bonds is 5. The molecule has 1 aromatic heterocycles. The zero-order chi connectivity index (χ0) is 15.4. The van der Waals surface area contributed by atoms with Gasteiger partial charge >= 0.3 is 0 Å². The molecule has 0 saturated carbocycles. The van der Waals surface area contributed by atoms with Crippen molar-refractivity contribution in [2.24, 2.45) is 0 Å². The van der Waals surface area contributed by atoms with E-state index in [9.17, 15) is 0 Å². The Morgan fingerprint density at radius 1 is 1.24 bits per heavy atom. The fraction of sp³-hybridized carbons (Fsp3) is 0.412. The van der Waals surface area contributed by atoms with Crippen molar-refractivity contribution in [3.8, 4) is 11.6 Å². The van der Waals surface area contributed by atoms with Crippen molar-refractivity contribution >= 4 is 11.6 Å². The van der Waals surface area contributed by atoms with Crippen molar-refractivity contribution in [2.45, 2.75) is 46.5 Å². The molecule has 0 atom stereocenters. The van der Waals surface area contributed by atoms with Gasteiger partial charge in [-0.25, -0.2) is 9.97 Å². The zero-order valence-electron chi connectivity index (χ0n) is 13.0. The molecule has 21 heavy (non-hydrogen) atoms. The van der Waals surface area contributed by atoms with Gasteiger partial charge in [-0.3, -0.25) is 0 Å². The number of hydrogen-bond acceptors (Lipinski definition) is 3. The predicted molar refractivity (Wildman–Crippen MR) is 86.4 cm³/mol. The molecular weight excluding hydrogens is 284 g/mol. The summed E-state index contributed by atoms with van der Waals surface area (Å²) in [7, 11) is 0. The summed E-state index contributed by atoms with van der Waals surface area (Å²) in [6.45, 7) is 8.45. The fourth-order valence-electron chi connectivity index (χ4n) is 2.24. The average molecular weight is 305 g/mol. The molecule has 1 aromatic carbocycles. The Morgan fingerprint density at radius 2 is 2.00 bits per heavy atom. The quantitative estimate of drug-likeness (QED) is 0.702. The molecule has 0 unspecified atom stereocenters. The molecule has 0 aliphatic heterocycles. The summed E-state index contributed by atoms with van der Waals surface area (Å²) in [6, 6.07) is 6.25. The van der Waals surface area contributed by atoms with E-state index in [2.05, 4.69) is 49.8 Å². The van der Waals surface area contributed by atoms with E-state index >= 15 is 0 Å². The second kappa shape index (κ2) is 6.90. The highest BCUT2D eigenvalue weighted by Gasteiger charge is 2.14. The normalized spacial score (nSPS) is 11.0. The summed E-state index contributed by atoms with van der Waals surface area (Å²) in [5.74, 6) is 1.79. The van der Waals surface area contributed by atoms with Crippen LogP contribution < -0.4 is 4.74 Å². The molecular formula is C17H21ClN2O. The molecule has 0 radical (unpaired) electrons. The van der Waals surface area contributed by atoms with Crippen molar-refractivity contribution in [2.75, 3.05) is 0 Å². The van der Waals surface area contributed by atoms with Crippen molar-refractivity contribution in [3.05, 3.63) is 46.4 Å². The van der Waals surface area contributed by atoms with E-state index in [1.54, 1.807) is 0 Å². The van der Waals surface area contributed by atoms with Gasteiger partial charge in [0, 0.05) is 0 Å². The Labute approximate surface area is 131 Å². The Balaban J connectivity index is 2.43. The summed E-state index contributed by atoms with van der Waals surface area (Å²) >= 11 is 6.18. The standard InChI is InChI=1S/C17H21ClN2O/c1-5-6-14-16(18)19-10-20-17(14)21-15-9-12(4)7-8-13(15)11(2)3/h7-11H,5-6H2,1-4H3. The summed E-state index contributed by atoms with van der Waals surface area (Å²) < 4.78 is 6.08. The molecule has 3 nitrogen and oxygen atoms in total. The van der Waals surface area contributed by atoms with Crippen LogP contribution >= 0.6 is 11.6 Å². The van der Waals surface area contributed by atoms with Crippen LogP contribution in [0.15, 0.2) is 24.5 Å². The smallest absolute Gasteiger partial charge is 0.227 e. The van der Waals surface area contributed by atoms with Gasteiger partial charge in [-0.05, 0) is 36.5 Å². The van der Waals surface area contributed by atoms with Crippen molar-refractivity contribution in [1.29, 1.82) is 0 Å². The molecule has 0 amide bonds. The highest BCUT2D eigenvalue weighted by atomic mass is 35.5. The van der Waals surface area contributed by atoms with Crippen LogP contribution in [0.3, 0.4) is 0 Å². The highest BCUT2D eigenvalue weighted by Crippen LogP contribution is 2.33. The second-order valence-corrected chi connectivity index (χ2v) is 5.85. The first-order valence-corrected chi connectivity index (χ1v) is 7.68. The Kier molecular flexibility index (Phi) is 5.18. The number of aryl methyl sites for hydroxylation is 1. The lowest BCUT2D eigenvalue weighted by atomic mass is 10.0. The molecule has 0 bridgehead atoms. The monoisotopic (exact) mass is 304 g/mol. The van der Waals surface area contributed by atoms with Gasteiger partial charge in [0.1, 0.15) is 17.2 Å². The highest BCUT2D eigenvalue weighted by molar-refractivity contribution is 6.30. The first kappa shape index (κ1) is 15.8. The lowest BCUT2D eigenvalue weighted by Crippen LogP contribution is -2.00. The SMILES string of the molecule is CCCc1c(Cl)ncnc1Oc1cc(C)ccc1C(C)C. The average Bonchev–Trinajstić information content (AvgIpc) is 2.42. The van der Waals surface area contributed by atoms with Gasteiger partial charge in [0.15, 0.2) is 0 Å². The first-order valence-electron chi connectivity index (χ1n) is 7.30. The number of hydrogen-bond donors (Lipinski definition) is 0. The number of halogens is 1. The van der Waals surface area contributed by atoms with Gasteiger partial charge in [0.2, 0.25) is 5.88 Å². The predicted octanol–water partition coefficient (Wildman–Crippen LogP) is 5.31. The maximum Gasteiger partial charge on any atom is 0.227 e. The number of ether oxygens (including phenoxy) is 1. The molecule has 0 spiro atoms. The van der Waals surface area contributed by atoms with Crippen LogP contribution in [0.25, 0.3) is 0 Å². The molecule has 0 aliphatic carbocycles. The van der Waals surface area contributed by atoms with Gasteiger partial charge in [-0.1, -0.05) is 50.9 Å². The van der Waals surface area contributed by atoms with E-state index in [4.69, 9.17) is 16.3 Å². The maximum atomic E-state index is 6.18. The zero-order valence-corrected chi connectivity index (χ0v) is 13.7. The number of nitrogens with zero attached hydrogens (tertiary/aromatic N) is 2. The van der Waals surface area contributed by atoms with Crippen LogP contribution in [-0.4, -0.2) is 9.97 Å². The van der Waals surface area contributed by atoms with E-state index in [0.29, 0.717) is 17.0 Å². The molecule has 1 heterocycles. The lowest BCUT2D eigenvalue weighted by Gasteiger charge is -2.16. The van der Waals surface area contributed by atoms with E-state index in [-0.39, 0.29) is 0 Å². The van der Waals surface area contributed by atoms with Gasteiger partial charge in [0.05, 0.1) is 5.56 Å². The molecule has 0 aliphatic rings. The Bertz CT molecular complexity index is 626. The third-order valence-electron chi connectivity index (χ3n) is 3.35. The third kappa shape index (κ3) is 3.73. The first-order chi connectivity index (χ1) is 10.0. The number of aromatic nitrogens is 2. The minimum atomic E-state index is 0.382. The molecule has 112 valence electrons. The molecule has 2 rings (SSSR count). The molecule has 0 fully saturated rings. The van der Waals surface area contributed by atoms with Crippen molar-refractivity contribution in [1.82, 2.24) is 9.97 Å². The van der Waals surface area contributed by atoms with Crippen LogP contribution in [0.5, 0.6) is 11.6 Å². The van der Waals surface area contributed by atoms with E-state index in [1.807, 2.05) is 6.07 Å². The topological polar surface area (TPSA) is 35.0 Å². The molecule has 4 heteroatoms. The van der Waals surface area contributed by atoms with Gasteiger partial charge in [-0.15, -0.1) is 0 Å². The fourth-order valence-corrected chi connectivity index (χ4v) is 2.45. The minimum absolute atomic E-state index is 0.382. The van der Waals surface area contributed by atoms with Crippen LogP contribution in [-0.2, 0) is 6.42 Å². The lowest BCUT2D eigenvalue weighted by molar-refractivity contribution is 0.445. The van der Waals surface area contributed by atoms with E-state index in [0.717, 1.165) is 35.3 Å². The molecule has 0 saturated heterocycles. The van der Waals surface area contributed by atoms with Crippen LogP contribution in [0.4, 0.5) is 0 Å².